The minimum absolute atomic E-state index is 0.242. The van der Waals surface area contributed by atoms with E-state index >= 15 is 0 Å². The summed E-state index contributed by atoms with van der Waals surface area (Å²) in [6.45, 7) is 2.86. The van der Waals surface area contributed by atoms with Gasteiger partial charge in [0.25, 0.3) is 0 Å². The Balaban J connectivity index is 1.28. The van der Waals surface area contributed by atoms with Gasteiger partial charge >= 0.3 is 6.03 Å². The number of aryl methyl sites for hydroxylation is 1. The van der Waals surface area contributed by atoms with E-state index in [9.17, 15) is 4.79 Å². The maximum atomic E-state index is 12.1. The van der Waals surface area contributed by atoms with E-state index in [-0.39, 0.29) is 6.03 Å². The van der Waals surface area contributed by atoms with Crippen molar-refractivity contribution in [3.05, 3.63) is 78.9 Å². The molecule has 0 aliphatic carbocycles. The van der Waals surface area contributed by atoms with Crippen molar-refractivity contribution >= 4 is 28.3 Å². The number of anilines is 2. The molecule has 0 bridgehead atoms. The molecule has 146 valence electrons. The van der Waals surface area contributed by atoms with E-state index in [2.05, 4.69) is 25.9 Å². The molecule has 0 aliphatic rings. The zero-order valence-corrected chi connectivity index (χ0v) is 16.1. The lowest BCUT2D eigenvalue weighted by Crippen LogP contribution is -2.32. The third kappa shape index (κ3) is 4.70. The highest BCUT2D eigenvalue weighted by atomic mass is 16.2. The molecule has 0 saturated carbocycles. The summed E-state index contributed by atoms with van der Waals surface area (Å²) in [7, 11) is 0. The van der Waals surface area contributed by atoms with E-state index in [0.717, 1.165) is 28.1 Å². The Labute approximate surface area is 168 Å². The molecule has 7 heteroatoms. The number of nitrogens with one attached hydrogen (secondary N) is 3. The van der Waals surface area contributed by atoms with Crippen LogP contribution in [0.4, 0.5) is 16.3 Å². The number of aromatic nitrogens is 3. The van der Waals surface area contributed by atoms with Crippen LogP contribution in [0.1, 0.15) is 5.82 Å². The lowest BCUT2D eigenvalue weighted by atomic mass is 10.1. The fourth-order valence-electron chi connectivity index (χ4n) is 3.07. The maximum absolute atomic E-state index is 12.1. The molecule has 2 aromatic carbocycles. The van der Waals surface area contributed by atoms with Gasteiger partial charge in [-0.25, -0.2) is 14.8 Å². The highest BCUT2D eigenvalue weighted by molar-refractivity contribution is 5.93. The molecule has 0 unspecified atom stereocenters. The van der Waals surface area contributed by atoms with Gasteiger partial charge in [-0.15, -0.1) is 0 Å². The number of hydrogen-bond acceptors (Lipinski definition) is 4. The van der Waals surface area contributed by atoms with Crippen LogP contribution in [-0.2, 0) is 0 Å². The van der Waals surface area contributed by atoms with E-state index in [1.807, 2.05) is 84.5 Å². The Kier molecular flexibility index (Phi) is 5.38. The summed E-state index contributed by atoms with van der Waals surface area (Å²) in [5, 5.41) is 11.2. The second kappa shape index (κ2) is 8.43. The first-order valence-electron chi connectivity index (χ1n) is 9.44. The first-order valence-corrected chi connectivity index (χ1v) is 9.44. The number of amides is 2. The monoisotopic (exact) mass is 386 g/mol. The zero-order valence-electron chi connectivity index (χ0n) is 16.1. The summed E-state index contributed by atoms with van der Waals surface area (Å²) in [6, 6.07) is 19.4. The first-order chi connectivity index (χ1) is 14.2. The topological polar surface area (TPSA) is 83.9 Å². The molecule has 0 radical (unpaired) electrons. The van der Waals surface area contributed by atoms with Gasteiger partial charge in [0.05, 0.1) is 0 Å². The smallest absolute Gasteiger partial charge is 0.319 e. The molecule has 0 fully saturated rings. The van der Waals surface area contributed by atoms with Crippen molar-refractivity contribution in [1.82, 2.24) is 19.9 Å². The normalized spacial score (nSPS) is 10.7. The van der Waals surface area contributed by atoms with Gasteiger partial charge in [0.2, 0.25) is 0 Å². The molecule has 4 rings (SSSR count). The minimum atomic E-state index is -0.242. The van der Waals surface area contributed by atoms with Crippen LogP contribution in [0.2, 0.25) is 0 Å². The molecular weight excluding hydrogens is 364 g/mol. The maximum Gasteiger partial charge on any atom is 0.319 e. The Bertz CT molecular complexity index is 1120. The van der Waals surface area contributed by atoms with Crippen LogP contribution >= 0.6 is 0 Å². The lowest BCUT2D eigenvalue weighted by Gasteiger charge is -2.11. The number of carbonyl (C=O) groups excluding carboxylic acids is 1. The zero-order chi connectivity index (χ0) is 20.1. The van der Waals surface area contributed by atoms with Crippen LogP contribution in [-0.4, -0.2) is 33.7 Å². The van der Waals surface area contributed by atoms with Gasteiger partial charge in [-0.3, -0.25) is 0 Å². The molecular formula is C22H22N6O. The molecule has 0 saturated heterocycles. The van der Waals surface area contributed by atoms with Gasteiger partial charge in [-0.05, 0) is 42.0 Å². The Morgan fingerprint density at radius 1 is 0.931 bits per heavy atom. The Hall–Kier alpha value is -3.87. The summed E-state index contributed by atoms with van der Waals surface area (Å²) in [6.07, 6.45) is 3.87. The van der Waals surface area contributed by atoms with Crippen molar-refractivity contribution < 1.29 is 4.79 Å². The molecule has 29 heavy (non-hydrogen) atoms. The van der Waals surface area contributed by atoms with Gasteiger partial charge in [0.1, 0.15) is 17.5 Å². The fourth-order valence-corrected chi connectivity index (χ4v) is 3.07. The Morgan fingerprint density at radius 2 is 1.72 bits per heavy atom. The highest BCUT2D eigenvalue weighted by Gasteiger charge is 2.05. The molecule has 7 nitrogen and oxygen atoms in total. The van der Waals surface area contributed by atoms with Crippen molar-refractivity contribution in [2.45, 2.75) is 6.92 Å². The van der Waals surface area contributed by atoms with Crippen LogP contribution in [0.3, 0.4) is 0 Å². The molecule has 0 atom stereocenters. The standard InChI is InChI=1S/C22H22N6O/c1-16-25-20(15-21(26-16)28-12-4-5-13-28)23-10-11-24-22(29)27-19-9-8-17-6-2-3-7-18(17)14-19/h2-9,12-15H,10-11H2,1H3,(H,23,25,26)(H2,24,27,29). The predicted octanol–water partition coefficient (Wildman–Crippen LogP) is 3.96. The van der Waals surface area contributed by atoms with Crippen LogP contribution in [0.25, 0.3) is 16.6 Å². The van der Waals surface area contributed by atoms with E-state index in [0.29, 0.717) is 18.9 Å². The molecule has 0 aliphatic heterocycles. The second-order valence-electron chi connectivity index (χ2n) is 6.62. The Morgan fingerprint density at radius 3 is 2.55 bits per heavy atom. The number of benzene rings is 2. The summed E-state index contributed by atoms with van der Waals surface area (Å²) in [4.78, 5) is 21.0. The number of fused-ring (bicyclic) bond motifs is 1. The van der Waals surface area contributed by atoms with Gasteiger partial charge in [-0.2, -0.15) is 0 Å². The lowest BCUT2D eigenvalue weighted by molar-refractivity contribution is 0.252. The van der Waals surface area contributed by atoms with Crippen LogP contribution in [0.5, 0.6) is 0 Å². The molecule has 2 amide bonds. The van der Waals surface area contributed by atoms with Gasteiger partial charge < -0.3 is 20.5 Å². The number of nitrogens with zero attached hydrogens (tertiary/aromatic N) is 3. The molecule has 2 heterocycles. The summed E-state index contributed by atoms with van der Waals surface area (Å²) in [5.74, 6) is 2.20. The van der Waals surface area contributed by atoms with Crippen LogP contribution in [0.15, 0.2) is 73.1 Å². The minimum Gasteiger partial charge on any atom is -0.368 e. The van der Waals surface area contributed by atoms with Crippen molar-refractivity contribution in [2.75, 3.05) is 23.7 Å². The van der Waals surface area contributed by atoms with E-state index in [1.54, 1.807) is 0 Å². The summed E-state index contributed by atoms with van der Waals surface area (Å²) >= 11 is 0. The molecule has 0 spiro atoms. The van der Waals surface area contributed by atoms with Crippen molar-refractivity contribution in [1.29, 1.82) is 0 Å². The van der Waals surface area contributed by atoms with E-state index < -0.39 is 0 Å². The predicted molar refractivity (Wildman–Crippen MR) is 116 cm³/mol. The fraction of sp³-hybridized carbons (Fsp3) is 0.136. The SMILES string of the molecule is Cc1nc(NCCNC(=O)Nc2ccc3ccccc3c2)cc(-n2cccc2)n1. The van der Waals surface area contributed by atoms with E-state index in [1.165, 1.54) is 0 Å². The van der Waals surface area contributed by atoms with Crippen LogP contribution in [0, 0.1) is 6.92 Å². The van der Waals surface area contributed by atoms with Crippen molar-refractivity contribution in [3.63, 3.8) is 0 Å². The highest BCUT2D eigenvalue weighted by Crippen LogP contribution is 2.18. The van der Waals surface area contributed by atoms with Crippen LogP contribution < -0.4 is 16.0 Å². The third-order valence-corrected chi connectivity index (χ3v) is 4.42. The van der Waals surface area contributed by atoms with Crippen molar-refractivity contribution in [3.8, 4) is 5.82 Å². The second-order valence-corrected chi connectivity index (χ2v) is 6.62. The molecule has 3 N–H and O–H groups in total. The van der Waals surface area contributed by atoms with Gasteiger partial charge in [0.15, 0.2) is 0 Å². The van der Waals surface area contributed by atoms with Crippen molar-refractivity contribution in [2.24, 2.45) is 0 Å². The number of hydrogen-bond donors (Lipinski definition) is 3. The van der Waals surface area contributed by atoms with Gasteiger partial charge in [0, 0.05) is 37.2 Å². The average molecular weight is 386 g/mol. The number of rotatable bonds is 6. The molecule has 2 aromatic heterocycles. The first kappa shape index (κ1) is 18.5. The number of carbonyl (C=O) groups is 1. The quantitative estimate of drug-likeness (QED) is 0.438. The largest absolute Gasteiger partial charge is 0.368 e. The van der Waals surface area contributed by atoms with E-state index in [4.69, 9.17) is 0 Å². The third-order valence-electron chi connectivity index (χ3n) is 4.42. The number of urea groups is 1. The average Bonchev–Trinajstić information content (AvgIpc) is 3.26. The van der Waals surface area contributed by atoms with Gasteiger partial charge in [-0.1, -0.05) is 30.3 Å². The molecule has 4 aromatic rings. The summed E-state index contributed by atoms with van der Waals surface area (Å²) < 4.78 is 1.93. The summed E-state index contributed by atoms with van der Waals surface area (Å²) in [5.41, 5.74) is 0.761.